The third-order valence-corrected chi connectivity index (χ3v) is 4.63. The van der Waals surface area contributed by atoms with Crippen LogP contribution in [0.4, 0.5) is 0 Å². The van der Waals surface area contributed by atoms with Crippen molar-refractivity contribution in [2.75, 3.05) is 6.54 Å². The molecule has 3 aromatic rings. The normalized spacial score (nSPS) is 10.7. The van der Waals surface area contributed by atoms with Crippen molar-refractivity contribution in [2.45, 2.75) is 13.0 Å². The van der Waals surface area contributed by atoms with Gasteiger partial charge in [-0.1, -0.05) is 6.07 Å². The third-order valence-electron chi connectivity index (χ3n) is 2.99. The van der Waals surface area contributed by atoms with Crippen LogP contribution in [0.3, 0.4) is 0 Å². The number of fused-ring (bicyclic) bond motifs is 1. The van der Waals surface area contributed by atoms with Gasteiger partial charge in [0.1, 0.15) is 0 Å². The number of amides is 2. The Kier molecular flexibility index (Phi) is 4.50. The maximum Gasteiger partial charge on any atom is 0.261 e. The minimum atomic E-state index is -0.142. The molecule has 2 N–H and O–H groups in total. The van der Waals surface area contributed by atoms with Crippen LogP contribution < -0.4 is 10.6 Å². The van der Waals surface area contributed by atoms with E-state index in [4.69, 9.17) is 0 Å². The summed E-state index contributed by atoms with van der Waals surface area (Å²) >= 11 is 2.93. The molecule has 0 atom stereocenters. The number of imidazole rings is 1. The van der Waals surface area contributed by atoms with E-state index >= 15 is 0 Å². The van der Waals surface area contributed by atoms with Crippen molar-refractivity contribution in [2.24, 2.45) is 0 Å². The molecular formula is C14H14N4O2S2. The van der Waals surface area contributed by atoms with E-state index < -0.39 is 0 Å². The number of thiophene rings is 1. The van der Waals surface area contributed by atoms with Crippen LogP contribution in [0.5, 0.6) is 0 Å². The van der Waals surface area contributed by atoms with E-state index in [2.05, 4.69) is 15.6 Å². The molecule has 0 saturated heterocycles. The number of aromatic nitrogens is 2. The van der Waals surface area contributed by atoms with Crippen LogP contribution in [0.1, 0.15) is 21.8 Å². The number of carbonyl (C=O) groups excluding carboxylic acids is 2. The number of nitrogens with zero attached hydrogens (tertiary/aromatic N) is 2. The number of nitrogens with one attached hydrogen (secondary N) is 2. The van der Waals surface area contributed by atoms with Crippen molar-refractivity contribution in [1.82, 2.24) is 20.0 Å². The summed E-state index contributed by atoms with van der Waals surface area (Å²) in [5, 5.41) is 9.33. The van der Waals surface area contributed by atoms with E-state index in [1.807, 2.05) is 33.6 Å². The zero-order valence-electron chi connectivity index (χ0n) is 11.6. The summed E-state index contributed by atoms with van der Waals surface area (Å²) in [5.74, 6) is -0.250. The number of hydrogen-bond acceptors (Lipinski definition) is 5. The molecule has 6 nitrogen and oxygen atoms in total. The maximum atomic E-state index is 11.7. The molecule has 0 bridgehead atoms. The molecule has 0 fully saturated rings. The topological polar surface area (TPSA) is 75.5 Å². The van der Waals surface area contributed by atoms with Crippen molar-refractivity contribution in [3.8, 4) is 0 Å². The van der Waals surface area contributed by atoms with Gasteiger partial charge in [0.25, 0.3) is 5.91 Å². The Labute approximate surface area is 134 Å². The minimum absolute atomic E-state index is 0.108. The van der Waals surface area contributed by atoms with Crippen LogP contribution in [-0.4, -0.2) is 27.7 Å². The highest BCUT2D eigenvalue weighted by atomic mass is 32.1. The van der Waals surface area contributed by atoms with Crippen LogP contribution in [0, 0.1) is 0 Å². The lowest BCUT2D eigenvalue weighted by atomic mass is 10.3. The first-order valence-electron chi connectivity index (χ1n) is 6.72. The molecule has 114 valence electrons. The number of rotatable bonds is 6. The van der Waals surface area contributed by atoms with Crippen molar-refractivity contribution in [1.29, 1.82) is 0 Å². The van der Waals surface area contributed by atoms with Gasteiger partial charge in [0.15, 0.2) is 4.96 Å². The molecule has 2 amide bonds. The van der Waals surface area contributed by atoms with E-state index in [1.54, 1.807) is 17.4 Å². The van der Waals surface area contributed by atoms with Gasteiger partial charge < -0.3 is 10.6 Å². The lowest BCUT2D eigenvalue weighted by Crippen LogP contribution is -2.30. The molecule has 0 aromatic carbocycles. The molecule has 22 heavy (non-hydrogen) atoms. The number of thiazole rings is 1. The maximum absolute atomic E-state index is 11.7. The Morgan fingerprint density at radius 1 is 1.23 bits per heavy atom. The molecule has 0 aliphatic heterocycles. The molecule has 3 aromatic heterocycles. The monoisotopic (exact) mass is 334 g/mol. The van der Waals surface area contributed by atoms with Crippen molar-refractivity contribution in [3.05, 3.63) is 45.9 Å². The molecule has 3 heterocycles. The quantitative estimate of drug-likeness (QED) is 0.723. The second kappa shape index (κ2) is 6.71. The predicted molar refractivity (Wildman–Crippen MR) is 86.2 cm³/mol. The molecular weight excluding hydrogens is 320 g/mol. The summed E-state index contributed by atoms with van der Waals surface area (Å²) in [4.78, 5) is 29.4. The van der Waals surface area contributed by atoms with Gasteiger partial charge in [-0.2, -0.15) is 0 Å². The molecule has 0 aliphatic rings. The Bertz CT molecular complexity index is 747. The second-order valence-electron chi connectivity index (χ2n) is 4.59. The SMILES string of the molecule is O=C(CCNC(=O)c1cccs1)NCc1cn2ccsc2n1. The van der Waals surface area contributed by atoms with Gasteiger partial charge >= 0.3 is 0 Å². The van der Waals surface area contributed by atoms with E-state index in [9.17, 15) is 9.59 Å². The Balaban J connectivity index is 1.39. The van der Waals surface area contributed by atoms with Crippen molar-refractivity contribution >= 4 is 39.4 Å². The van der Waals surface area contributed by atoms with Gasteiger partial charge in [-0.05, 0) is 11.4 Å². The van der Waals surface area contributed by atoms with Gasteiger partial charge in [0, 0.05) is 30.7 Å². The van der Waals surface area contributed by atoms with E-state index in [0.717, 1.165) is 10.7 Å². The zero-order valence-corrected chi connectivity index (χ0v) is 13.2. The number of hydrogen-bond donors (Lipinski definition) is 2. The summed E-state index contributed by atoms with van der Waals surface area (Å²) in [6.07, 6.45) is 4.07. The average molecular weight is 334 g/mol. The average Bonchev–Trinajstić information content (AvgIpc) is 3.21. The fraction of sp³-hybridized carbons (Fsp3) is 0.214. The van der Waals surface area contributed by atoms with Gasteiger partial charge in [0.05, 0.1) is 17.1 Å². The van der Waals surface area contributed by atoms with Crippen LogP contribution in [-0.2, 0) is 11.3 Å². The highest BCUT2D eigenvalue weighted by Gasteiger charge is 2.08. The minimum Gasteiger partial charge on any atom is -0.351 e. The summed E-state index contributed by atoms with van der Waals surface area (Å²) in [6.45, 7) is 0.715. The largest absolute Gasteiger partial charge is 0.351 e. The van der Waals surface area contributed by atoms with E-state index in [1.165, 1.54) is 11.3 Å². The predicted octanol–water partition coefficient (Wildman–Crippen LogP) is 1.89. The Hall–Kier alpha value is -2.19. The fourth-order valence-corrected chi connectivity index (χ4v) is 3.28. The van der Waals surface area contributed by atoms with Crippen molar-refractivity contribution < 1.29 is 9.59 Å². The Morgan fingerprint density at radius 2 is 2.14 bits per heavy atom. The molecule has 3 rings (SSSR count). The van der Waals surface area contributed by atoms with Gasteiger partial charge in [-0.25, -0.2) is 4.98 Å². The number of carbonyl (C=O) groups is 2. The van der Waals surface area contributed by atoms with Crippen LogP contribution in [0.2, 0.25) is 0 Å². The molecule has 0 radical (unpaired) electrons. The van der Waals surface area contributed by atoms with Gasteiger partial charge in [-0.15, -0.1) is 22.7 Å². The van der Waals surface area contributed by atoms with Crippen LogP contribution in [0.15, 0.2) is 35.3 Å². The van der Waals surface area contributed by atoms with Gasteiger partial charge in [0.2, 0.25) is 5.91 Å². The van der Waals surface area contributed by atoms with Gasteiger partial charge in [-0.3, -0.25) is 14.0 Å². The summed E-state index contributed by atoms with van der Waals surface area (Å²) < 4.78 is 1.92. The summed E-state index contributed by atoms with van der Waals surface area (Å²) in [7, 11) is 0. The molecule has 8 heteroatoms. The van der Waals surface area contributed by atoms with Crippen molar-refractivity contribution in [3.63, 3.8) is 0 Å². The molecule has 0 aliphatic carbocycles. The molecule has 0 saturated carbocycles. The van der Waals surface area contributed by atoms with E-state index in [0.29, 0.717) is 18.0 Å². The molecule has 0 unspecified atom stereocenters. The lowest BCUT2D eigenvalue weighted by molar-refractivity contribution is -0.121. The van der Waals surface area contributed by atoms with Crippen LogP contribution in [0.25, 0.3) is 4.96 Å². The smallest absolute Gasteiger partial charge is 0.261 e. The molecule has 0 spiro atoms. The first-order chi connectivity index (χ1) is 10.7. The second-order valence-corrected chi connectivity index (χ2v) is 6.41. The first-order valence-corrected chi connectivity index (χ1v) is 8.48. The third kappa shape index (κ3) is 3.52. The van der Waals surface area contributed by atoms with Crippen LogP contribution >= 0.6 is 22.7 Å². The zero-order chi connectivity index (χ0) is 15.4. The highest BCUT2D eigenvalue weighted by molar-refractivity contribution is 7.15. The lowest BCUT2D eigenvalue weighted by Gasteiger charge is -2.04. The fourth-order valence-electron chi connectivity index (χ4n) is 1.92. The Morgan fingerprint density at radius 3 is 2.91 bits per heavy atom. The summed E-state index contributed by atoms with van der Waals surface area (Å²) in [5.41, 5.74) is 0.822. The van der Waals surface area contributed by atoms with E-state index in [-0.39, 0.29) is 18.2 Å². The standard InChI is InChI=1S/C14H14N4O2S2/c19-12(3-4-15-13(20)11-2-1-6-21-11)16-8-10-9-18-5-7-22-14(18)17-10/h1-2,5-7,9H,3-4,8H2,(H,15,20)(H,16,19). The highest BCUT2D eigenvalue weighted by Crippen LogP contribution is 2.11. The summed E-state index contributed by atoms with van der Waals surface area (Å²) in [6, 6.07) is 3.58. The first kappa shape index (κ1) is 14.7.